The van der Waals surface area contributed by atoms with Gasteiger partial charge in [-0.1, -0.05) is 48.0 Å². The molecule has 0 amide bonds. The lowest BCUT2D eigenvalue weighted by molar-refractivity contribution is 0.691. The van der Waals surface area contributed by atoms with Crippen LogP contribution in [0.5, 0.6) is 0 Å². The van der Waals surface area contributed by atoms with E-state index in [9.17, 15) is 0 Å². The summed E-state index contributed by atoms with van der Waals surface area (Å²) in [4.78, 5) is 4.74. The molecule has 0 spiro atoms. The maximum absolute atomic E-state index is 6.29. The molecule has 5 nitrogen and oxygen atoms in total. The summed E-state index contributed by atoms with van der Waals surface area (Å²) >= 11 is 0. The smallest absolute Gasteiger partial charge is 0.177 e. The minimum absolute atomic E-state index is 0.542. The zero-order chi connectivity index (χ0) is 16.0. The molecule has 4 rings (SSSR count). The summed E-state index contributed by atoms with van der Waals surface area (Å²) in [6.07, 6.45) is -0.542. The summed E-state index contributed by atoms with van der Waals surface area (Å²) < 4.78 is 1.99. The Morgan fingerprint density at radius 3 is 2.48 bits per heavy atom. The third kappa shape index (κ3) is 2.17. The van der Waals surface area contributed by atoms with Crippen LogP contribution in [0.2, 0.25) is 0 Å². The van der Waals surface area contributed by atoms with Gasteiger partial charge in [0.05, 0.1) is 11.4 Å². The van der Waals surface area contributed by atoms with E-state index in [4.69, 9.17) is 10.7 Å². The first-order valence-corrected chi connectivity index (χ1v) is 7.57. The van der Waals surface area contributed by atoms with Crippen LogP contribution in [0.25, 0.3) is 5.69 Å². The van der Waals surface area contributed by atoms with Crippen molar-refractivity contribution in [2.24, 2.45) is 10.7 Å². The number of aryl methyl sites for hydroxylation is 2. The van der Waals surface area contributed by atoms with Gasteiger partial charge >= 0.3 is 0 Å². The molecule has 114 valence electrons. The Morgan fingerprint density at radius 2 is 1.70 bits per heavy atom. The number of rotatable bonds is 1. The zero-order valence-corrected chi connectivity index (χ0v) is 13.1. The van der Waals surface area contributed by atoms with Crippen LogP contribution in [0.3, 0.4) is 0 Å². The van der Waals surface area contributed by atoms with Crippen molar-refractivity contribution in [3.63, 3.8) is 0 Å². The average Bonchev–Trinajstić information content (AvgIpc) is 2.89. The predicted molar refractivity (Wildman–Crippen MR) is 89.8 cm³/mol. The number of para-hydroxylation sites is 1. The standard InChI is InChI=1S/C18H17N5/c1-11-7-9-13(10-8-11)16-14-5-3-4-6-15(14)23-12(2)21-22-18(23)17(19)20-16/h3-10,17H,19H2,1-2H3. The number of aliphatic imine (C=N–C) groups is 1. The Hall–Kier alpha value is -2.79. The largest absolute Gasteiger partial charge is 0.303 e. The Kier molecular flexibility index (Phi) is 3.09. The van der Waals surface area contributed by atoms with Crippen molar-refractivity contribution in [2.45, 2.75) is 20.0 Å². The van der Waals surface area contributed by atoms with E-state index in [0.29, 0.717) is 5.82 Å². The van der Waals surface area contributed by atoms with E-state index < -0.39 is 6.17 Å². The monoisotopic (exact) mass is 303 g/mol. The van der Waals surface area contributed by atoms with Crippen LogP contribution in [0.1, 0.15) is 34.5 Å². The van der Waals surface area contributed by atoms with Gasteiger partial charge in [0, 0.05) is 11.1 Å². The molecule has 0 fully saturated rings. The summed E-state index contributed by atoms with van der Waals surface area (Å²) in [6, 6.07) is 16.5. The Balaban J connectivity index is 2.00. The fraction of sp³-hybridized carbons (Fsp3) is 0.167. The van der Waals surface area contributed by atoms with Gasteiger partial charge in [-0.15, -0.1) is 10.2 Å². The fourth-order valence-electron chi connectivity index (χ4n) is 2.94. The summed E-state index contributed by atoms with van der Waals surface area (Å²) in [5.41, 5.74) is 11.5. The van der Waals surface area contributed by atoms with Crippen LogP contribution in [0.4, 0.5) is 0 Å². The second-order valence-electron chi connectivity index (χ2n) is 5.75. The molecule has 2 N–H and O–H groups in total. The Labute approximate surface area is 134 Å². The van der Waals surface area contributed by atoms with E-state index in [-0.39, 0.29) is 0 Å². The molecular weight excluding hydrogens is 286 g/mol. The van der Waals surface area contributed by atoms with Crippen molar-refractivity contribution >= 4 is 5.71 Å². The molecule has 3 aromatic rings. The average molecular weight is 303 g/mol. The minimum atomic E-state index is -0.542. The lowest BCUT2D eigenvalue weighted by Gasteiger charge is -2.12. The van der Waals surface area contributed by atoms with Crippen LogP contribution < -0.4 is 5.73 Å². The van der Waals surface area contributed by atoms with E-state index in [1.165, 1.54) is 5.56 Å². The highest BCUT2D eigenvalue weighted by Crippen LogP contribution is 2.28. The number of hydrogen-bond acceptors (Lipinski definition) is 4. The molecule has 1 aromatic heterocycles. The molecular formula is C18H17N5. The van der Waals surface area contributed by atoms with Gasteiger partial charge < -0.3 is 5.73 Å². The summed E-state index contributed by atoms with van der Waals surface area (Å²) in [6.45, 7) is 4.00. The van der Waals surface area contributed by atoms with Crippen LogP contribution >= 0.6 is 0 Å². The van der Waals surface area contributed by atoms with Crippen molar-refractivity contribution in [1.29, 1.82) is 0 Å². The van der Waals surface area contributed by atoms with Gasteiger partial charge in [0.1, 0.15) is 5.82 Å². The topological polar surface area (TPSA) is 69.1 Å². The molecule has 5 heteroatoms. The van der Waals surface area contributed by atoms with Crippen LogP contribution in [0, 0.1) is 13.8 Å². The van der Waals surface area contributed by atoms with Crippen LogP contribution in [0.15, 0.2) is 53.5 Å². The molecule has 0 saturated heterocycles. The number of aromatic nitrogens is 3. The quantitative estimate of drug-likeness (QED) is 0.751. The third-order valence-corrected chi connectivity index (χ3v) is 4.11. The molecule has 1 atom stereocenters. The Morgan fingerprint density at radius 1 is 0.957 bits per heavy atom. The summed E-state index contributed by atoms with van der Waals surface area (Å²) in [5, 5.41) is 8.38. The first kappa shape index (κ1) is 13.8. The Bertz CT molecular complexity index is 905. The van der Waals surface area contributed by atoms with Gasteiger partial charge in [0.2, 0.25) is 0 Å². The van der Waals surface area contributed by atoms with E-state index in [0.717, 1.165) is 28.4 Å². The molecule has 1 unspecified atom stereocenters. The fourth-order valence-corrected chi connectivity index (χ4v) is 2.94. The highest BCUT2D eigenvalue weighted by Gasteiger charge is 2.25. The normalized spacial score (nSPS) is 16.3. The number of nitrogens with zero attached hydrogens (tertiary/aromatic N) is 4. The summed E-state index contributed by atoms with van der Waals surface area (Å²) in [5.74, 6) is 1.47. The second-order valence-corrected chi connectivity index (χ2v) is 5.75. The maximum Gasteiger partial charge on any atom is 0.177 e. The molecule has 23 heavy (non-hydrogen) atoms. The highest BCUT2D eigenvalue weighted by atomic mass is 15.3. The number of nitrogens with two attached hydrogens (primary N) is 1. The van der Waals surface area contributed by atoms with E-state index >= 15 is 0 Å². The lowest BCUT2D eigenvalue weighted by atomic mass is 9.99. The van der Waals surface area contributed by atoms with Gasteiger partial charge in [-0.25, -0.2) is 0 Å². The highest BCUT2D eigenvalue weighted by molar-refractivity contribution is 6.15. The SMILES string of the molecule is Cc1ccc(C2=NC(N)c3nnc(C)n3-c3ccccc32)cc1. The molecule has 0 radical (unpaired) electrons. The molecule has 2 aromatic carbocycles. The van der Waals surface area contributed by atoms with Gasteiger partial charge in [-0.3, -0.25) is 9.56 Å². The minimum Gasteiger partial charge on any atom is -0.303 e. The molecule has 0 saturated carbocycles. The third-order valence-electron chi connectivity index (χ3n) is 4.11. The van der Waals surface area contributed by atoms with Crippen molar-refractivity contribution in [3.05, 3.63) is 76.9 Å². The first-order chi connectivity index (χ1) is 11.1. The van der Waals surface area contributed by atoms with Gasteiger partial charge in [0.25, 0.3) is 0 Å². The van der Waals surface area contributed by atoms with Crippen molar-refractivity contribution in [2.75, 3.05) is 0 Å². The van der Waals surface area contributed by atoms with Crippen LogP contribution in [-0.2, 0) is 0 Å². The predicted octanol–water partition coefficient (Wildman–Crippen LogP) is 2.69. The van der Waals surface area contributed by atoms with E-state index in [1.54, 1.807) is 0 Å². The second kappa shape index (κ2) is 5.14. The van der Waals surface area contributed by atoms with Gasteiger partial charge in [-0.05, 0) is 19.9 Å². The van der Waals surface area contributed by atoms with Crippen LogP contribution in [-0.4, -0.2) is 20.5 Å². The molecule has 2 heterocycles. The zero-order valence-electron chi connectivity index (χ0n) is 13.1. The lowest BCUT2D eigenvalue weighted by Crippen LogP contribution is -2.13. The summed E-state index contributed by atoms with van der Waals surface area (Å²) in [7, 11) is 0. The van der Waals surface area contributed by atoms with Gasteiger partial charge in [0.15, 0.2) is 12.0 Å². The number of hydrogen-bond donors (Lipinski definition) is 1. The molecule has 0 aliphatic carbocycles. The number of fused-ring (bicyclic) bond motifs is 3. The maximum atomic E-state index is 6.29. The molecule has 0 bridgehead atoms. The van der Waals surface area contributed by atoms with Crippen molar-refractivity contribution in [1.82, 2.24) is 14.8 Å². The van der Waals surface area contributed by atoms with Crippen molar-refractivity contribution < 1.29 is 0 Å². The van der Waals surface area contributed by atoms with Gasteiger partial charge in [-0.2, -0.15) is 0 Å². The molecule has 1 aliphatic rings. The first-order valence-electron chi connectivity index (χ1n) is 7.57. The number of benzene rings is 2. The van der Waals surface area contributed by atoms with E-state index in [1.807, 2.05) is 23.6 Å². The van der Waals surface area contributed by atoms with E-state index in [2.05, 4.69) is 53.5 Å². The molecule has 1 aliphatic heterocycles. The van der Waals surface area contributed by atoms with Crippen molar-refractivity contribution in [3.8, 4) is 5.69 Å².